The van der Waals surface area contributed by atoms with Crippen LogP contribution in [0.3, 0.4) is 0 Å². The summed E-state index contributed by atoms with van der Waals surface area (Å²) in [5.41, 5.74) is 6.64. The molecule has 0 aliphatic heterocycles. The number of non-ortho nitro benzene ring substituents is 1. The van der Waals surface area contributed by atoms with E-state index in [1.54, 1.807) is 6.08 Å². The van der Waals surface area contributed by atoms with Crippen molar-refractivity contribution in [3.8, 4) is 0 Å². The Balaban J connectivity index is 2.01. The highest BCUT2D eigenvalue weighted by atomic mass is 16.7. The first-order valence-corrected chi connectivity index (χ1v) is 6.58. The van der Waals surface area contributed by atoms with Crippen LogP contribution in [-0.2, 0) is 9.63 Å². The summed E-state index contributed by atoms with van der Waals surface area (Å²) in [6.45, 7) is 0. The minimum absolute atomic E-state index is 0.129. The van der Waals surface area contributed by atoms with Crippen LogP contribution in [0.15, 0.2) is 65.8 Å². The zero-order chi connectivity index (χ0) is 16.7. The normalized spacial score (nSPS) is 11.4. The Hall–Kier alpha value is -3.48. The maximum atomic E-state index is 11.5. The van der Waals surface area contributed by atoms with Crippen molar-refractivity contribution in [3.05, 3.63) is 81.9 Å². The summed E-state index contributed by atoms with van der Waals surface area (Å²) >= 11 is 0. The molecule has 0 amide bonds. The van der Waals surface area contributed by atoms with Crippen LogP contribution in [0.1, 0.15) is 11.1 Å². The summed E-state index contributed by atoms with van der Waals surface area (Å²) in [7, 11) is 0. The van der Waals surface area contributed by atoms with Gasteiger partial charge in [0.05, 0.1) is 4.92 Å². The fourth-order valence-electron chi connectivity index (χ4n) is 1.68. The minimum Gasteiger partial charge on any atom is -0.380 e. The fourth-order valence-corrected chi connectivity index (χ4v) is 1.68. The zero-order valence-corrected chi connectivity index (χ0v) is 12.0. The summed E-state index contributed by atoms with van der Waals surface area (Å²) in [4.78, 5) is 26.3. The third-order valence-corrected chi connectivity index (χ3v) is 2.80. The molecule has 0 spiro atoms. The van der Waals surface area contributed by atoms with Gasteiger partial charge < -0.3 is 10.6 Å². The van der Waals surface area contributed by atoms with Gasteiger partial charge in [-0.25, -0.2) is 4.79 Å². The van der Waals surface area contributed by atoms with Crippen molar-refractivity contribution in [2.45, 2.75) is 0 Å². The lowest BCUT2D eigenvalue weighted by Crippen LogP contribution is -2.15. The number of nitrogens with two attached hydrogens (primary N) is 1. The van der Waals surface area contributed by atoms with Gasteiger partial charge in [-0.15, -0.1) is 0 Å². The molecule has 0 aliphatic carbocycles. The zero-order valence-electron chi connectivity index (χ0n) is 12.0. The van der Waals surface area contributed by atoms with E-state index in [0.29, 0.717) is 5.56 Å². The third kappa shape index (κ3) is 4.78. The standard InChI is InChI=1S/C16H13N3O4/c17-16(13-7-4-8-14(11-13)19(21)22)18-23-15(20)10-9-12-5-2-1-3-6-12/h1-11H,(H2,17,18)/b10-9-. The second-order valence-electron chi connectivity index (χ2n) is 4.44. The second-order valence-corrected chi connectivity index (χ2v) is 4.44. The summed E-state index contributed by atoms with van der Waals surface area (Å²) in [5.74, 6) is -0.836. The van der Waals surface area contributed by atoms with Gasteiger partial charge in [0.15, 0.2) is 5.84 Å². The highest BCUT2D eigenvalue weighted by molar-refractivity contribution is 5.98. The van der Waals surface area contributed by atoms with Crippen LogP contribution < -0.4 is 5.73 Å². The van der Waals surface area contributed by atoms with Gasteiger partial charge in [0, 0.05) is 23.8 Å². The molecule has 0 bridgehead atoms. The quantitative estimate of drug-likeness (QED) is 0.228. The van der Waals surface area contributed by atoms with Gasteiger partial charge in [0.25, 0.3) is 5.69 Å². The lowest BCUT2D eigenvalue weighted by Gasteiger charge is -1.99. The predicted molar refractivity (Wildman–Crippen MR) is 85.4 cm³/mol. The maximum absolute atomic E-state index is 11.5. The van der Waals surface area contributed by atoms with E-state index in [9.17, 15) is 14.9 Å². The Kier molecular flexibility index (Phi) is 5.19. The van der Waals surface area contributed by atoms with Crippen LogP contribution in [0.2, 0.25) is 0 Å². The average molecular weight is 311 g/mol. The molecule has 2 rings (SSSR count). The number of oxime groups is 1. The average Bonchev–Trinajstić information content (AvgIpc) is 2.58. The van der Waals surface area contributed by atoms with E-state index in [4.69, 9.17) is 5.73 Å². The number of amidine groups is 1. The summed E-state index contributed by atoms with van der Waals surface area (Å²) in [6, 6.07) is 14.7. The Labute approximate surface area is 131 Å². The molecule has 7 heteroatoms. The number of nitrogens with zero attached hydrogens (tertiary/aromatic N) is 2. The molecule has 2 N–H and O–H groups in total. The first kappa shape index (κ1) is 15.9. The van der Waals surface area contributed by atoms with Crippen molar-refractivity contribution < 1.29 is 14.6 Å². The smallest absolute Gasteiger partial charge is 0.358 e. The largest absolute Gasteiger partial charge is 0.380 e. The predicted octanol–water partition coefficient (Wildman–Crippen LogP) is 2.47. The van der Waals surface area contributed by atoms with E-state index >= 15 is 0 Å². The molecule has 0 aromatic heterocycles. The number of hydrogen-bond acceptors (Lipinski definition) is 5. The SMILES string of the molecule is N/C(=N/OC(=O)/C=C\c1ccccc1)c1cccc([N+](=O)[O-])c1. The monoisotopic (exact) mass is 311 g/mol. The van der Waals surface area contributed by atoms with E-state index in [1.165, 1.54) is 30.3 Å². The highest BCUT2D eigenvalue weighted by Crippen LogP contribution is 2.12. The molecule has 0 atom stereocenters. The van der Waals surface area contributed by atoms with Crippen molar-refractivity contribution >= 4 is 23.6 Å². The van der Waals surface area contributed by atoms with Gasteiger partial charge in [-0.05, 0) is 11.6 Å². The van der Waals surface area contributed by atoms with E-state index in [-0.39, 0.29) is 11.5 Å². The van der Waals surface area contributed by atoms with Crippen LogP contribution in [0.5, 0.6) is 0 Å². The fraction of sp³-hybridized carbons (Fsp3) is 0. The van der Waals surface area contributed by atoms with Gasteiger partial charge in [0.1, 0.15) is 0 Å². The molecule has 116 valence electrons. The molecule has 0 fully saturated rings. The van der Waals surface area contributed by atoms with Gasteiger partial charge in [0.2, 0.25) is 0 Å². The maximum Gasteiger partial charge on any atom is 0.358 e. The lowest BCUT2D eigenvalue weighted by molar-refractivity contribution is -0.384. The highest BCUT2D eigenvalue weighted by Gasteiger charge is 2.08. The van der Waals surface area contributed by atoms with E-state index < -0.39 is 10.9 Å². The van der Waals surface area contributed by atoms with Gasteiger partial charge in [-0.3, -0.25) is 10.1 Å². The first-order valence-electron chi connectivity index (χ1n) is 6.58. The summed E-state index contributed by atoms with van der Waals surface area (Å²) in [6.07, 6.45) is 2.78. The van der Waals surface area contributed by atoms with Crippen LogP contribution in [-0.4, -0.2) is 16.7 Å². The number of carbonyl (C=O) groups is 1. The van der Waals surface area contributed by atoms with Crippen molar-refractivity contribution in [2.75, 3.05) is 0 Å². The molecular formula is C16H13N3O4. The molecule has 0 radical (unpaired) electrons. The summed E-state index contributed by atoms with van der Waals surface area (Å²) < 4.78 is 0. The molecule has 0 saturated heterocycles. The molecule has 0 unspecified atom stereocenters. The first-order chi connectivity index (χ1) is 11.1. The van der Waals surface area contributed by atoms with Crippen molar-refractivity contribution in [3.63, 3.8) is 0 Å². The molecule has 23 heavy (non-hydrogen) atoms. The second kappa shape index (κ2) is 7.51. The number of benzene rings is 2. The molecule has 0 heterocycles. The minimum atomic E-state index is -0.706. The molecule has 2 aromatic rings. The molecular weight excluding hydrogens is 298 g/mol. The number of nitro groups is 1. The third-order valence-electron chi connectivity index (χ3n) is 2.80. The van der Waals surface area contributed by atoms with Crippen molar-refractivity contribution in [2.24, 2.45) is 10.9 Å². The summed E-state index contributed by atoms with van der Waals surface area (Å²) in [5, 5.41) is 14.2. The van der Waals surface area contributed by atoms with E-state index in [2.05, 4.69) is 9.99 Å². The van der Waals surface area contributed by atoms with E-state index in [0.717, 1.165) is 5.56 Å². The van der Waals surface area contributed by atoms with Crippen LogP contribution in [0.25, 0.3) is 6.08 Å². The number of rotatable bonds is 5. The molecule has 0 saturated carbocycles. The van der Waals surface area contributed by atoms with Gasteiger partial charge in [-0.2, -0.15) is 0 Å². The van der Waals surface area contributed by atoms with Crippen molar-refractivity contribution in [1.29, 1.82) is 0 Å². The van der Waals surface area contributed by atoms with Crippen LogP contribution in [0, 0.1) is 10.1 Å². The van der Waals surface area contributed by atoms with E-state index in [1.807, 2.05) is 30.3 Å². The number of carbonyl (C=O) groups excluding carboxylic acids is 1. The van der Waals surface area contributed by atoms with Gasteiger partial charge in [-0.1, -0.05) is 47.6 Å². The Morgan fingerprint density at radius 2 is 1.91 bits per heavy atom. The molecule has 7 nitrogen and oxygen atoms in total. The van der Waals surface area contributed by atoms with Gasteiger partial charge >= 0.3 is 5.97 Å². The Bertz CT molecular complexity index is 770. The van der Waals surface area contributed by atoms with Crippen LogP contribution >= 0.6 is 0 Å². The van der Waals surface area contributed by atoms with Crippen LogP contribution in [0.4, 0.5) is 5.69 Å². The molecule has 0 aliphatic rings. The Morgan fingerprint density at radius 1 is 1.17 bits per heavy atom. The van der Waals surface area contributed by atoms with Crippen molar-refractivity contribution in [1.82, 2.24) is 0 Å². The number of nitro benzene ring substituents is 1. The lowest BCUT2D eigenvalue weighted by atomic mass is 10.2. The number of hydrogen-bond donors (Lipinski definition) is 1. The molecule has 2 aromatic carbocycles. The topological polar surface area (TPSA) is 108 Å². The Morgan fingerprint density at radius 3 is 2.61 bits per heavy atom.